The van der Waals surface area contributed by atoms with E-state index in [-0.39, 0.29) is 18.3 Å². The maximum absolute atomic E-state index is 12.5. The smallest absolute Gasteiger partial charge is 0.395 e. The van der Waals surface area contributed by atoms with Gasteiger partial charge in [-0.1, -0.05) is 0 Å². The Labute approximate surface area is 115 Å². The summed E-state index contributed by atoms with van der Waals surface area (Å²) in [6.45, 7) is 0.556. The molecule has 0 fully saturated rings. The molecule has 0 unspecified atom stereocenters. The highest BCUT2D eigenvalue weighted by Crippen LogP contribution is 2.33. The maximum Gasteiger partial charge on any atom is 0.434 e. The summed E-state index contributed by atoms with van der Waals surface area (Å²) in [6, 6.07) is 1.90. The summed E-state index contributed by atoms with van der Waals surface area (Å²) < 4.78 is 37.5. The molecule has 0 radical (unpaired) electrons. The highest BCUT2D eigenvalue weighted by atomic mass is 32.1. The van der Waals surface area contributed by atoms with Crippen molar-refractivity contribution in [2.24, 2.45) is 0 Å². The molecule has 0 bridgehead atoms. The van der Waals surface area contributed by atoms with Crippen molar-refractivity contribution in [1.82, 2.24) is 4.98 Å². The van der Waals surface area contributed by atoms with E-state index in [0.717, 1.165) is 22.3 Å². The van der Waals surface area contributed by atoms with Crippen LogP contribution in [0.5, 0.6) is 0 Å². The van der Waals surface area contributed by atoms with Gasteiger partial charge in [0.1, 0.15) is 0 Å². The maximum atomic E-state index is 12.5. The summed E-state index contributed by atoms with van der Waals surface area (Å²) in [5.41, 5.74) is 0.1000. The highest BCUT2D eigenvalue weighted by molar-refractivity contribution is 7.13. The van der Waals surface area contributed by atoms with Crippen molar-refractivity contribution in [3.63, 3.8) is 0 Å². The van der Waals surface area contributed by atoms with Crippen LogP contribution >= 0.6 is 22.7 Å². The van der Waals surface area contributed by atoms with Gasteiger partial charge in [0.2, 0.25) is 0 Å². The molecule has 19 heavy (non-hydrogen) atoms. The SMILES string of the molecule is OCCN(Cc1ccsc1)c1nc(C(F)(F)F)cs1. The van der Waals surface area contributed by atoms with Crippen molar-refractivity contribution in [3.8, 4) is 0 Å². The fourth-order valence-electron chi connectivity index (χ4n) is 1.51. The summed E-state index contributed by atoms with van der Waals surface area (Å²) in [5.74, 6) is 0. The predicted molar refractivity (Wildman–Crippen MR) is 69.6 cm³/mol. The summed E-state index contributed by atoms with van der Waals surface area (Å²) in [5, 5.41) is 14.1. The van der Waals surface area contributed by atoms with Crippen LogP contribution < -0.4 is 4.90 Å². The molecule has 3 nitrogen and oxygen atoms in total. The third-order valence-electron chi connectivity index (χ3n) is 2.38. The fourth-order valence-corrected chi connectivity index (χ4v) is 3.02. The minimum absolute atomic E-state index is 0.134. The zero-order valence-electron chi connectivity index (χ0n) is 9.72. The van der Waals surface area contributed by atoms with Gasteiger partial charge < -0.3 is 10.0 Å². The van der Waals surface area contributed by atoms with E-state index in [9.17, 15) is 13.2 Å². The van der Waals surface area contributed by atoms with Crippen LogP contribution in [0.15, 0.2) is 22.2 Å². The van der Waals surface area contributed by atoms with E-state index in [1.54, 1.807) is 4.90 Å². The zero-order valence-corrected chi connectivity index (χ0v) is 11.4. The first-order valence-corrected chi connectivity index (χ1v) is 7.22. The summed E-state index contributed by atoms with van der Waals surface area (Å²) in [7, 11) is 0. The van der Waals surface area contributed by atoms with Gasteiger partial charge in [-0.15, -0.1) is 11.3 Å². The molecular weight excluding hydrogens is 297 g/mol. The average molecular weight is 308 g/mol. The normalized spacial score (nSPS) is 11.8. The second kappa shape index (κ2) is 5.89. The van der Waals surface area contributed by atoms with Crippen molar-refractivity contribution < 1.29 is 18.3 Å². The Hall–Kier alpha value is -1.12. The van der Waals surface area contributed by atoms with E-state index < -0.39 is 11.9 Å². The summed E-state index contributed by atoms with van der Waals surface area (Å²) >= 11 is 2.45. The number of aliphatic hydroxyl groups excluding tert-OH is 1. The van der Waals surface area contributed by atoms with E-state index >= 15 is 0 Å². The second-order valence-corrected chi connectivity index (χ2v) is 5.41. The van der Waals surface area contributed by atoms with Crippen molar-refractivity contribution in [1.29, 1.82) is 0 Å². The molecule has 8 heteroatoms. The molecule has 2 aromatic rings. The molecule has 0 amide bonds. The lowest BCUT2D eigenvalue weighted by Gasteiger charge is -2.20. The Kier molecular flexibility index (Phi) is 4.43. The average Bonchev–Trinajstić information content (AvgIpc) is 2.98. The summed E-state index contributed by atoms with van der Waals surface area (Å²) in [6.07, 6.45) is -4.43. The number of anilines is 1. The van der Waals surface area contributed by atoms with Crippen LogP contribution in [0.25, 0.3) is 0 Å². The van der Waals surface area contributed by atoms with Gasteiger partial charge >= 0.3 is 6.18 Å². The number of nitrogens with zero attached hydrogens (tertiary/aromatic N) is 2. The highest BCUT2D eigenvalue weighted by Gasteiger charge is 2.34. The van der Waals surface area contributed by atoms with E-state index in [1.165, 1.54) is 11.3 Å². The van der Waals surface area contributed by atoms with Crippen molar-refractivity contribution in [3.05, 3.63) is 33.5 Å². The van der Waals surface area contributed by atoms with E-state index in [2.05, 4.69) is 4.98 Å². The number of thiazole rings is 1. The number of hydrogen-bond donors (Lipinski definition) is 1. The van der Waals surface area contributed by atoms with Crippen molar-refractivity contribution >= 4 is 27.8 Å². The first-order valence-electron chi connectivity index (χ1n) is 5.40. The fraction of sp³-hybridized carbons (Fsp3) is 0.364. The molecule has 2 heterocycles. The standard InChI is InChI=1S/C11H11F3N2OS2/c12-11(13,14)9-7-19-10(15-9)16(2-3-17)5-8-1-4-18-6-8/h1,4,6-7,17H,2-3,5H2. The predicted octanol–water partition coefficient (Wildman–Crippen LogP) is 3.22. The van der Waals surface area contributed by atoms with Gasteiger partial charge in [0, 0.05) is 18.5 Å². The first-order chi connectivity index (χ1) is 9.00. The van der Waals surface area contributed by atoms with Gasteiger partial charge in [-0.25, -0.2) is 4.98 Å². The number of hydrogen-bond acceptors (Lipinski definition) is 5. The molecule has 0 atom stereocenters. The number of rotatable bonds is 5. The van der Waals surface area contributed by atoms with Crippen molar-refractivity contribution in [2.45, 2.75) is 12.7 Å². The first kappa shape index (κ1) is 14.3. The van der Waals surface area contributed by atoms with Gasteiger partial charge in [-0.05, 0) is 22.4 Å². The second-order valence-electron chi connectivity index (χ2n) is 3.79. The monoisotopic (exact) mass is 308 g/mol. The summed E-state index contributed by atoms with van der Waals surface area (Å²) in [4.78, 5) is 5.23. The van der Waals surface area contributed by atoms with Crippen LogP contribution in [0.2, 0.25) is 0 Å². The molecule has 0 aromatic carbocycles. The molecule has 1 N–H and O–H groups in total. The van der Waals surface area contributed by atoms with Crippen LogP contribution in [0.4, 0.5) is 18.3 Å². The van der Waals surface area contributed by atoms with Crippen LogP contribution in [-0.2, 0) is 12.7 Å². The minimum Gasteiger partial charge on any atom is -0.395 e. The molecule has 0 saturated carbocycles. The number of aromatic nitrogens is 1. The largest absolute Gasteiger partial charge is 0.434 e. The van der Waals surface area contributed by atoms with Crippen molar-refractivity contribution in [2.75, 3.05) is 18.1 Å². The zero-order chi connectivity index (χ0) is 13.9. The third-order valence-corrected chi connectivity index (χ3v) is 4.01. The van der Waals surface area contributed by atoms with Gasteiger partial charge in [0.05, 0.1) is 6.61 Å². The lowest BCUT2D eigenvalue weighted by atomic mass is 10.3. The topological polar surface area (TPSA) is 36.4 Å². The Balaban J connectivity index is 2.17. The minimum atomic E-state index is -4.43. The third kappa shape index (κ3) is 3.68. The Bertz CT molecular complexity index is 510. The molecule has 0 aliphatic heterocycles. The molecule has 0 aliphatic carbocycles. The molecule has 0 saturated heterocycles. The Morgan fingerprint density at radius 3 is 2.63 bits per heavy atom. The quantitative estimate of drug-likeness (QED) is 0.921. The number of alkyl halides is 3. The van der Waals surface area contributed by atoms with Gasteiger partial charge in [0.25, 0.3) is 0 Å². The Morgan fingerprint density at radius 1 is 1.32 bits per heavy atom. The van der Waals surface area contributed by atoms with Crippen LogP contribution in [0, 0.1) is 0 Å². The van der Waals surface area contributed by atoms with Gasteiger partial charge in [0.15, 0.2) is 10.8 Å². The van der Waals surface area contributed by atoms with Crippen LogP contribution in [-0.4, -0.2) is 23.2 Å². The van der Waals surface area contributed by atoms with Gasteiger partial charge in [-0.3, -0.25) is 0 Å². The Morgan fingerprint density at radius 2 is 2.11 bits per heavy atom. The molecule has 2 aromatic heterocycles. The number of aliphatic hydroxyl groups is 1. The molecule has 104 valence electrons. The van der Waals surface area contributed by atoms with E-state index in [4.69, 9.17) is 5.11 Å². The lowest BCUT2D eigenvalue weighted by molar-refractivity contribution is -0.140. The number of halogens is 3. The molecular formula is C11H11F3N2OS2. The molecule has 2 rings (SSSR count). The lowest BCUT2D eigenvalue weighted by Crippen LogP contribution is -2.26. The van der Waals surface area contributed by atoms with Crippen LogP contribution in [0.1, 0.15) is 11.3 Å². The van der Waals surface area contributed by atoms with Gasteiger partial charge in [-0.2, -0.15) is 24.5 Å². The number of thiophene rings is 1. The van der Waals surface area contributed by atoms with E-state index in [1.807, 2.05) is 16.8 Å². The van der Waals surface area contributed by atoms with E-state index in [0.29, 0.717) is 6.54 Å². The molecule has 0 aliphatic rings. The molecule has 0 spiro atoms. The van der Waals surface area contributed by atoms with Crippen LogP contribution in [0.3, 0.4) is 0 Å².